The number of hydrogen-bond donors (Lipinski definition) is 2. The fourth-order valence-corrected chi connectivity index (χ4v) is 4.71. The minimum Gasteiger partial charge on any atom is -0.352 e. The molecule has 0 aliphatic carbocycles. The molecule has 2 N–H and O–H groups in total. The van der Waals surface area contributed by atoms with Crippen LogP contribution in [0.5, 0.6) is 0 Å². The number of hydrogen-bond acceptors (Lipinski definition) is 6. The molecule has 31 heavy (non-hydrogen) atoms. The number of nitrogens with one attached hydrogen (secondary N) is 2. The van der Waals surface area contributed by atoms with Gasteiger partial charge in [-0.05, 0) is 68.5 Å². The van der Waals surface area contributed by atoms with E-state index in [9.17, 15) is 9.59 Å². The SMILES string of the molecule is CC(C)Cc1nnc(C(=O)Nc2ccc(C(=O)NCCCN3CCC[C@H](C)C3)cc2)s1. The van der Waals surface area contributed by atoms with Gasteiger partial charge in [0.05, 0.1) is 0 Å². The largest absolute Gasteiger partial charge is 0.352 e. The summed E-state index contributed by atoms with van der Waals surface area (Å²) in [6, 6.07) is 6.92. The van der Waals surface area contributed by atoms with Gasteiger partial charge in [-0.3, -0.25) is 9.59 Å². The van der Waals surface area contributed by atoms with Crippen LogP contribution >= 0.6 is 11.3 Å². The highest BCUT2D eigenvalue weighted by molar-refractivity contribution is 7.13. The van der Waals surface area contributed by atoms with Gasteiger partial charge in [-0.1, -0.05) is 32.1 Å². The van der Waals surface area contributed by atoms with Crippen LogP contribution in [0.3, 0.4) is 0 Å². The van der Waals surface area contributed by atoms with Crippen LogP contribution in [0.2, 0.25) is 0 Å². The first-order valence-electron chi connectivity index (χ1n) is 11.1. The van der Waals surface area contributed by atoms with E-state index in [4.69, 9.17) is 0 Å². The maximum atomic E-state index is 12.4. The fourth-order valence-electron chi connectivity index (χ4n) is 3.76. The van der Waals surface area contributed by atoms with Crippen LogP contribution in [0.15, 0.2) is 24.3 Å². The van der Waals surface area contributed by atoms with E-state index in [0.29, 0.717) is 28.7 Å². The van der Waals surface area contributed by atoms with E-state index < -0.39 is 0 Å². The molecule has 1 aliphatic rings. The Balaban J connectivity index is 1.42. The zero-order chi connectivity index (χ0) is 22.2. The van der Waals surface area contributed by atoms with Crippen LogP contribution in [0, 0.1) is 11.8 Å². The summed E-state index contributed by atoms with van der Waals surface area (Å²) in [5, 5.41) is 15.1. The summed E-state index contributed by atoms with van der Waals surface area (Å²) in [6.07, 6.45) is 4.36. The average molecular weight is 444 g/mol. The molecule has 2 amide bonds. The highest BCUT2D eigenvalue weighted by Crippen LogP contribution is 2.17. The van der Waals surface area contributed by atoms with Crippen LogP contribution in [-0.2, 0) is 6.42 Å². The Morgan fingerprint density at radius 2 is 1.97 bits per heavy atom. The van der Waals surface area contributed by atoms with Crippen molar-refractivity contribution in [1.29, 1.82) is 0 Å². The molecular weight excluding hydrogens is 410 g/mol. The molecule has 2 aromatic rings. The standard InChI is InChI=1S/C23H33N5O2S/c1-16(2)14-20-26-27-23(31-20)22(30)25-19-9-7-18(8-10-19)21(29)24-11-5-13-28-12-4-6-17(3)15-28/h7-10,16-17H,4-6,11-15H2,1-3H3,(H,24,29)(H,25,30)/t17-/m0/s1. The van der Waals surface area contributed by atoms with Crippen molar-refractivity contribution >= 4 is 28.8 Å². The Hall–Kier alpha value is -2.32. The number of anilines is 1. The monoisotopic (exact) mass is 443 g/mol. The second-order valence-corrected chi connectivity index (χ2v) is 9.85. The zero-order valence-corrected chi connectivity index (χ0v) is 19.5. The van der Waals surface area contributed by atoms with Gasteiger partial charge < -0.3 is 15.5 Å². The molecule has 1 aromatic carbocycles. The summed E-state index contributed by atoms with van der Waals surface area (Å²) in [5.41, 5.74) is 1.21. The summed E-state index contributed by atoms with van der Waals surface area (Å²) in [4.78, 5) is 27.2. The minimum atomic E-state index is -0.281. The van der Waals surface area contributed by atoms with E-state index in [-0.39, 0.29) is 11.8 Å². The predicted molar refractivity (Wildman–Crippen MR) is 125 cm³/mol. The Bertz CT molecular complexity index is 865. The van der Waals surface area contributed by atoms with E-state index in [2.05, 4.69) is 46.5 Å². The molecule has 0 unspecified atom stereocenters. The van der Waals surface area contributed by atoms with E-state index in [1.807, 2.05) is 0 Å². The lowest BCUT2D eigenvalue weighted by molar-refractivity contribution is 0.0949. The number of carbonyl (C=O) groups is 2. The quantitative estimate of drug-likeness (QED) is 0.575. The maximum absolute atomic E-state index is 12.4. The van der Waals surface area contributed by atoms with Crippen molar-refractivity contribution in [2.45, 2.75) is 46.5 Å². The van der Waals surface area contributed by atoms with Gasteiger partial charge in [0.2, 0.25) is 5.01 Å². The Morgan fingerprint density at radius 1 is 1.19 bits per heavy atom. The smallest absolute Gasteiger partial charge is 0.286 e. The van der Waals surface area contributed by atoms with E-state index in [1.54, 1.807) is 24.3 Å². The number of aromatic nitrogens is 2. The number of likely N-dealkylation sites (tertiary alicyclic amines) is 1. The molecule has 0 spiro atoms. The molecule has 3 rings (SSSR count). The van der Waals surface area contributed by atoms with Gasteiger partial charge in [0.1, 0.15) is 5.01 Å². The number of rotatable bonds is 9. The third-order valence-electron chi connectivity index (χ3n) is 5.33. The molecule has 0 radical (unpaired) electrons. The molecule has 2 heterocycles. The van der Waals surface area contributed by atoms with Gasteiger partial charge in [-0.2, -0.15) is 0 Å². The van der Waals surface area contributed by atoms with Gasteiger partial charge in [-0.25, -0.2) is 0 Å². The molecule has 7 nitrogen and oxygen atoms in total. The number of carbonyl (C=O) groups excluding carboxylic acids is 2. The molecule has 0 bridgehead atoms. The van der Waals surface area contributed by atoms with Crippen LogP contribution in [0.25, 0.3) is 0 Å². The Kier molecular flexibility index (Phi) is 8.54. The number of piperidine rings is 1. The number of benzene rings is 1. The lowest BCUT2D eigenvalue weighted by atomic mass is 10.0. The van der Waals surface area contributed by atoms with Gasteiger partial charge in [0.15, 0.2) is 0 Å². The van der Waals surface area contributed by atoms with Gasteiger partial charge >= 0.3 is 0 Å². The summed E-state index contributed by atoms with van der Waals surface area (Å²) in [7, 11) is 0. The molecule has 1 saturated heterocycles. The molecule has 0 saturated carbocycles. The lowest BCUT2D eigenvalue weighted by Gasteiger charge is -2.30. The van der Waals surface area contributed by atoms with Gasteiger partial charge in [0.25, 0.3) is 11.8 Å². The molecule has 1 aliphatic heterocycles. The number of amides is 2. The van der Waals surface area contributed by atoms with Crippen molar-refractivity contribution in [3.05, 3.63) is 39.8 Å². The fraction of sp³-hybridized carbons (Fsp3) is 0.565. The predicted octanol–water partition coefficient (Wildman–Crippen LogP) is 3.84. The lowest BCUT2D eigenvalue weighted by Crippen LogP contribution is -2.36. The molecule has 1 aromatic heterocycles. The van der Waals surface area contributed by atoms with Crippen LogP contribution < -0.4 is 10.6 Å². The second kappa shape index (κ2) is 11.3. The van der Waals surface area contributed by atoms with E-state index in [1.165, 1.54) is 30.7 Å². The Morgan fingerprint density at radius 3 is 2.68 bits per heavy atom. The Labute approximate surface area is 188 Å². The number of nitrogens with zero attached hydrogens (tertiary/aromatic N) is 3. The van der Waals surface area contributed by atoms with Crippen molar-refractivity contribution in [1.82, 2.24) is 20.4 Å². The van der Waals surface area contributed by atoms with Gasteiger partial charge in [-0.15, -0.1) is 10.2 Å². The van der Waals surface area contributed by atoms with E-state index >= 15 is 0 Å². The summed E-state index contributed by atoms with van der Waals surface area (Å²) >= 11 is 1.32. The van der Waals surface area contributed by atoms with E-state index in [0.717, 1.165) is 36.9 Å². The third kappa shape index (κ3) is 7.40. The first-order chi connectivity index (χ1) is 14.9. The average Bonchev–Trinajstić information content (AvgIpc) is 3.19. The molecule has 1 atom stereocenters. The molecule has 168 valence electrons. The molecule has 1 fully saturated rings. The first kappa shape index (κ1) is 23.3. The highest BCUT2D eigenvalue weighted by atomic mass is 32.1. The minimum absolute atomic E-state index is 0.0904. The zero-order valence-electron chi connectivity index (χ0n) is 18.7. The first-order valence-corrected chi connectivity index (χ1v) is 12.0. The maximum Gasteiger partial charge on any atom is 0.286 e. The normalized spacial score (nSPS) is 17.0. The summed E-state index contributed by atoms with van der Waals surface area (Å²) in [6.45, 7) is 10.5. The summed E-state index contributed by atoms with van der Waals surface area (Å²) in [5.74, 6) is 0.872. The van der Waals surface area contributed by atoms with Crippen LogP contribution in [-0.4, -0.2) is 53.1 Å². The third-order valence-corrected chi connectivity index (χ3v) is 6.27. The van der Waals surface area contributed by atoms with Gasteiger partial charge in [0, 0.05) is 30.8 Å². The van der Waals surface area contributed by atoms with Crippen molar-refractivity contribution in [3.63, 3.8) is 0 Å². The van der Waals surface area contributed by atoms with Crippen molar-refractivity contribution < 1.29 is 9.59 Å². The highest BCUT2D eigenvalue weighted by Gasteiger charge is 2.16. The molecular formula is C23H33N5O2S. The second-order valence-electron chi connectivity index (χ2n) is 8.79. The topological polar surface area (TPSA) is 87.2 Å². The van der Waals surface area contributed by atoms with Crippen LogP contribution in [0.4, 0.5) is 5.69 Å². The van der Waals surface area contributed by atoms with Crippen molar-refractivity contribution in [3.8, 4) is 0 Å². The molecule has 8 heteroatoms. The summed E-state index contributed by atoms with van der Waals surface area (Å²) < 4.78 is 0. The van der Waals surface area contributed by atoms with Crippen molar-refractivity contribution in [2.24, 2.45) is 11.8 Å². The van der Waals surface area contributed by atoms with Crippen LogP contribution in [0.1, 0.15) is 65.2 Å². The van der Waals surface area contributed by atoms with Crippen molar-refractivity contribution in [2.75, 3.05) is 31.5 Å².